The molecule has 0 aliphatic heterocycles. The molecule has 2 nitrogen and oxygen atoms in total. The molecule has 1 aromatic carbocycles. The fourth-order valence-corrected chi connectivity index (χ4v) is 1.83. The van der Waals surface area contributed by atoms with Gasteiger partial charge >= 0.3 is 0 Å². The number of hydrogen-bond donors (Lipinski definition) is 1. The van der Waals surface area contributed by atoms with Crippen molar-refractivity contribution in [2.45, 2.75) is 46.0 Å². The van der Waals surface area contributed by atoms with Crippen molar-refractivity contribution in [3.63, 3.8) is 0 Å². The Bertz CT molecular complexity index is 513. The van der Waals surface area contributed by atoms with Gasteiger partial charge < -0.3 is 4.98 Å². The minimum atomic E-state index is 0.146. The topological polar surface area (TPSA) is 28.7 Å². The molecule has 2 aromatic rings. The lowest BCUT2D eigenvalue weighted by atomic mass is 9.86. The van der Waals surface area contributed by atoms with E-state index >= 15 is 0 Å². The molecule has 1 heterocycles. The van der Waals surface area contributed by atoms with Gasteiger partial charge in [0.15, 0.2) is 0 Å². The van der Waals surface area contributed by atoms with Crippen molar-refractivity contribution in [1.29, 1.82) is 0 Å². The quantitative estimate of drug-likeness (QED) is 0.834. The Morgan fingerprint density at radius 3 is 2.39 bits per heavy atom. The average Bonchev–Trinajstić information content (AvgIpc) is 2.77. The number of aromatic amines is 1. The molecule has 95 valence electrons. The first-order valence-corrected chi connectivity index (χ1v) is 6.46. The van der Waals surface area contributed by atoms with Crippen LogP contribution >= 0.6 is 0 Å². The van der Waals surface area contributed by atoms with E-state index in [0.717, 1.165) is 17.1 Å². The molecular formula is C16H21N2. The highest BCUT2D eigenvalue weighted by Crippen LogP contribution is 2.25. The Morgan fingerprint density at radius 1 is 1.22 bits per heavy atom. The summed E-state index contributed by atoms with van der Waals surface area (Å²) in [5.74, 6) is 1.46. The van der Waals surface area contributed by atoms with Gasteiger partial charge in [-0.3, -0.25) is 0 Å². The molecule has 0 bridgehead atoms. The summed E-state index contributed by atoms with van der Waals surface area (Å²) in [5, 5.41) is 0. The average molecular weight is 241 g/mol. The van der Waals surface area contributed by atoms with E-state index < -0.39 is 0 Å². The van der Waals surface area contributed by atoms with Crippen LogP contribution in [0.1, 0.15) is 51.9 Å². The van der Waals surface area contributed by atoms with Crippen LogP contribution in [0.4, 0.5) is 0 Å². The van der Waals surface area contributed by atoms with E-state index in [1.807, 2.05) is 12.3 Å². The maximum absolute atomic E-state index is 4.60. The second kappa shape index (κ2) is 4.60. The molecule has 1 aromatic heterocycles. The molecule has 2 heteroatoms. The van der Waals surface area contributed by atoms with Crippen LogP contribution in [0.25, 0.3) is 11.3 Å². The first-order valence-electron chi connectivity index (χ1n) is 6.46. The molecule has 0 saturated carbocycles. The predicted molar refractivity (Wildman–Crippen MR) is 75.6 cm³/mol. The summed E-state index contributed by atoms with van der Waals surface area (Å²) < 4.78 is 0. The maximum Gasteiger partial charge on any atom is 0.109 e. The fraction of sp³-hybridized carbons (Fsp3) is 0.438. The monoisotopic (exact) mass is 241 g/mol. The second-order valence-corrected chi connectivity index (χ2v) is 6.07. The minimum absolute atomic E-state index is 0.146. The lowest BCUT2D eigenvalue weighted by Crippen LogP contribution is -2.10. The third-order valence-corrected chi connectivity index (χ3v) is 3.06. The van der Waals surface area contributed by atoms with E-state index in [9.17, 15) is 0 Å². The highest BCUT2D eigenvalue weighted by molar-refractivity contribution is 5.59. The summed E-state index contributed by atoms with van der Waals surface area (Å²) in [6.07, 6.45) is 1.97. The van der Waals surface area contributed by atoms with Gasteiger partial charge in [-0.2, -0.15) is 0 Å². The molecule has 0 spiro atoms. The summed E-state index contributed by atoms with van der Waals surface area (Å²) in [6, 6.07) is 9.65. The van der Waals surface area contributed by atoms with Gasteiger partial charge in [0, 0.05) is 17.7 Å². The van der Waals surface area contributed by atoms with E-state index in [2.05, 4.69) is 62.8 Å². The van der Waals surface area contributed by atoms with Crippen LogP contribution in [-0.2, 0) is 5.41 Å². The number of H-pyrrole nitrogens is 1. The van der Waals surface area contributed by atoms with Crippen molar-refractivity contribution in [2.24, 2.45) is 0 Å². The molecular weight excluding hydrogens is 220 g/mol. The number of nitrogens with one attached hydrogen (secondary N) is 1. The SMILES string of the molecule is CC(C)c1nc(-c2c[c]c(C(C)(C)C)cc2)c[nH]1. The molecule has 0 saturated heterocycles. The number of imidazole rings is 1. The van der Waals surface area contributed by atoms with E-state index in [1.165, 1.54) is 5.56 Å². The van der Waals surface area contributed by atoms with E-state index in [1.54, 1.807) is 0 Å². The standard InChI is InChI=1S/C16H21N2/c1-11(2)15-17-10-14(18-15)12-6-8-13(9-7-12)16(3,4)5/h6-8,10-11H,1-5H3,(H,17,18). The van der Waals surface area contributed by atoms with Gasteiger partial charge in [-0.25, -0.2) is 4.98 Å². The number of benzene rings is 1. The molecule has 0 unspecified atom stereocenters. The van der Waals surface area contributed by atoms with Crippen LogP contribution in [0, 0.1) is 6.07 Å². The highest BCUT2D eigenvalue weighted by atomic mass is 14.9. The van der Waals surface area contributed by atoms with E-state index in [4.69, 9.17) is 0 Å². The zero-order valence-corrected chi connectivity index (χ0v) is 11.8. The van der Waals surface area contributed by atoms with Crippen molar-refractivity contribution >= 4 is 0 Å². The number of aromatic nitrogens is 2. The molecule has 0 atom stereocenters. The molecule has 0 aliphatic carbocycles. The summed E-state index contributed by atoms with van der Waals surface area (Å²) >= 11 is 0. The van der Waals surface area contributed by atoms with Crippen LogP contribution in [0.3, 0.4) is 0 Å². The Hall–Kier alpha value is -1.57. The molecule has 0 amide bonds. The lowest BCUT2D eigenvalue weighted by molar-refractivity contribution is 0.589. The van der Waals surface area contributed by atoms with Crippen molar-refractivity contribution in [2.75, 3.05) is 0 Å². The van der Waals surface area contributed by atoms with Gasteiger partial charge in [-0.15, -0.1) is 0 Å². The summed E-state index contributed by atoms with van der Waals surface area (Å²) in [5.41, 5.74) is 3.49. The molecule has 2 rings (SSSR count). The largest absolute Gasteiger partial charge is 0.348 e. The third kappa shape index (κ3) is 2.63. The maximum atomic E-state index is 4.60. The van der Waals surface area contributed by atoms with Crippen molar-refractivity contribution in [1.82, 2.24) is 9.97 Å². The van der Waals surface area contributed by atoms with E-state index in [0.29, 0.717) is 5.92 Å². The molecule has 0 aliphatic rings. The Morgan fingerprint density at radius 2 is 1.94 bits per heavy atom. The second-order valence-electron chi connectivity index (χ2n) is 6.07. The minimum Gasteiger partial charge on any atom is -0.348 e. The number of nitrogens with zero attached hydrogens (tertiary/aromatic N) is 1. The molecule has 1 radical (unpaired) electrons. The van der Waals surface area contributed by atoms with Gasteiger partial charge in [0.25, 0.3) is 0 Å². The first-order chi connectivity index (χ1) is 8.38. The van der Waals surface area contributed by atoms with Crippen molar-refractivity contribution < 1.29 is 0 Å². The summed E-state index contributed by atoms with van der Waals surface area (Å²) in [4.78, 5) is 7.82. The van der Waals surface area contributed by atoms with Crippen LogP contribution in [0.15, 0.2) is 24.4 Å². The van der Waals surface area contributed by atoms with Gasteiger partial charge in [0.2, 0.25) is 0 Å². The smallest absolute Gasteiger partial charge is 0.109 e. The highest BCUT2D eigenvalue weighted by Gasteiger charge is 2.14. The van der Waals surface area contributed by atoms with Crippen molar-refractivity contribution in [3.8, 4) is 11.3 Å². The zero-order chi connectivity index (χ0) is 13.3. The summed E-state index contributed by atoms with van der Waals surface area (Å²) in [7, 11) is 0. The lowest BCUT2D eigenvalue weighted by Gasteiger charge is -2.18. The zero-order valence-electron chi connectivity index (χ0n) is 11.8. The van der Waals surface area contributed by atoms with E-state index in [-0.39, 0.29) is 5.41 Å². The number of hydrogen-bond acceptors (Lipinski definition) is 1. The molecule has 1 N–H and O–H groups in total. The Kier molecular flexibility index (Phi) is 3.29. The van der Waals surface area contributed by atoms with Crippen LogP contribution in [0.5, 0.6) is 0 Å². The Balaban J connectivity index is 2.29. The first kappa shape index (κ1) is 12.9. The van der Waals surface area contributed by atoms with Gasteiger partial charge in [0.1, 0.15) is 5.82 Å². The van der Waals surface area contributed by atoms with Crippen LogP contribution in [0.2, 0.25) is 0 Å². The fourth-order valence-electron chi connectivity index (χ4n) is 1.83. The number of rotatable bonds is 2. The molecule has 18 heavy (non-hydrogen) atoms. The van der Waals surface area contributed by atoms with Crippen molar-refractivity contribution in [3.05, 3.63) is 41.9 Å². The van der Waals surface area contributed by atoms with Crippen LogP contribution in [-0.4, -0.2) is 9.97 Å². The predicted octanol–water partition coefficient (Wildman–Crippen LogP) is 4.30. The third-order valence-electron chi connectivity index (χ3n) is 3.06. The molecule has 0 fully saturated rings. The van der Waals surface area contributed by atoms with Crippen LogP contribution < -0.4 is 0 Å². The Labute approximate surface area is 109 Å². The summed E-state index contributed by atoms with van der Waals surface area (Å²) in [6.45, 7) is 10.9. The normalized spacial score (nSPS) is 12.1. The van der Waals surface area contributed by atoms with Gasteiger partial charge in [-0.1, -0.05) is 46.8 Å². The van der Waals surface area contributed by atoms with Gasteiger partial charge in [0.05, 0.1) is 5.69 Å². The van der Waals surface area contributed by atoms with Gasteiger partial charge in [-0.05, 0) is 23.1 Å².